The lowest BCUT2D eigenvalue weighted by Crippen LogP contribution is -1.97. The molecule has 0 saturated carbocycles. The molecule has 0 rings (SSSR count). The van der Waals surface area contributed by atoms with Gasteiger partial charge in [-0.15, -0.1) is 0 Å². The number of hydrogen-bond donors (Lipinski definition) is 0. The van der Waals surface area contributed by atoms with Crippen LogP contribution in [0.15, 0.2) is 0 Å². The van der Waals surface area contributed by atoms with Gasteiger partial charge in [-0.05, 0) is 6.42 Å². The molecule has 0 atom stereocenters. The first-order valence-electron chi connectivity index (χ1n) is 5.39. The quantitative estimate of drug-likeness (QED) is 0.355. The van der Waals surface area contributed by atoms with Gasteiger partial charge >= 0.3 is 0 Å². The van der Waals surface area contributed by atoms with E-state index in [1.807, 2.05) is 0 Å². The molecule has 0 radical (unpaired) electrons. The summed E-state index contributed by atoms with van der Waals surface area (Å²) in [5, 5.41) is 0. The summed E-state index contributed by atoms with van der Waals surface area (Å²) in [7, 11) is 0. The Hall–Kier alpha value is 0.400. The number of ketones is 1. The molecule has 0 unspecified atom stereocenters. The van der Waals surface area contributed by atoms with Crippen LogP contribution in [0.3, 0.4) is 0 Å². The van der Waals surface area contributed by atoms with E-state index in [-0.39, 0.29) is 0 Å². The third kappa shape index (κ3) is 10.3. The van der Waals surface area contributed by atoms with Crippen molar-refractivity contribution in [2.75, 3.05) is 4.43 Å². The van der Waals surface area contributed by atoms with E-state index >= 15 is 0 Å². The van der Waals surface area contributed by atoms with Crippen molar-refractivity contribution in [2.24, 2.45) is 0 Å². The Kier molecular flexibility index (Phi) is 10.8. The monoisotopic (exact) mass is 296 g/mol. The van der Waals surface area contributed by atoms with Crippen LogP contribution in [0.4, 0.5) is 0 Å². The maximum atomic E-state index is 10.9. The number of carbonyl (C=O) groups is 1. The number of carbonyl (C=O) groups excluding carboxylic acids is 1. The van der Waals surface area contributed by atoms with Crippen molar-refractivity contribution in [2.45, 2.75) is 58.3 Å². The number of halogens is 1. The first-order valence-corrected chi connectivity index (χ1v) is 6.91. The lowest BCUT2D eigenvalue weighted by molar-refractivity contribution is -0.116. The first-order chi connectivity index (χ1) is 6.31. The van der Waals surface area contributed by atoms with E-state index in [0.29, 0.717) is 10.2 Å². The smallest absolute Gasteiger partial charge is 0.142 e. The third-order valence-electron chi connectivity index (χ3n) is 2.21. The summed E-state index contributed by atoms with van der Waals surface area (Å²) < 4.78 is 0.688. The SMILES string of the molecule is CCCCCCCCCC(=O)CI. The van der Waals surface area contributed by atoms with Gasteiger partial charge in [0.15, 0.2) is 0 Å². The van der Waals surface area contributed by atoms with Crippen LogP contribution < -0.4 is 0 Å². The maximum Gasteiger partial charge on any atom is 0.142 e. The molecular weight excluding hydrogens is 275 g/mol. The molecule has 0 spiro atoms. The predicted molar refractivity (Wildman–Crippen MR) is 66.5 cm³/mol. The molecule has 0 heterocycles. The standard InChI is InChI=1S/C11H21IO/c1-2-3-4-5-6-7-8-9-11(13)10-12/h2-10H2,1H3. The molecular formula is C11H21IO. The number of hydrogen-bond acceptors (Lipinski definition) is 1. The van der Waals surface area contributed by atoms with E-state index in [4.69, 9.17) is 0 Å². The zero-order valence-corrected chi connectivity index (χ0v) is 10.8. The second-order valence-corrected chi connectivity index (χ2v) is 4.31. The number of alkyl halides is 1. The average Bonchev–Trinajstić information content (AvgIpc) is 2.16. The van der Waals surface area contributed by atoms with Crippen molar-refractivity contribution < 1.29 is 4.79 Å². The Morgan fingerprint density at radius 1 is 1.00 bits per heavy atom. The molecule has 13 heavy (non-hydrogen) atoms. The van der Waals surface area contributed by atoms with E-state index in [9.17, 15) is 4.79 Å². The zero-order valence-electron chi connectivity index (χ0n) is 8.65. The van der Waals surface area contributed by atoms with Gasteiger partial charge in [-0.3, -0.25) is 4.79 Å². The van der Waals surface area contributed by atoms with Crippen LogP contribution in [-0.2, 0) is 4.79 Å². The summed E-state index contributed by atoms with van der Waals surface area (Å²) >= 11 is 2.14. The Morgan fingerprint density at radius 3 is 2.08 bits per heavy atom. The average molecular weight is 296 g/mol. The lowest BCUT2D eigenvalue weighted by Gasteiger charge is -1.99. The van der Waals surface area contributed by atoms with E-state index < -0.39 is 0 Å². The van der Waals surface area contributed by atoms with E-state index in [2.05, 4.69) is 29.5 Å². The summed E-state index contributed by atoms with van der Waals surface area (Å²) in [4.78, 5) is 10.9. The molecule has 0 bridgehead atoms. The predicted octanol–water partition coefficient (Wildman–Crippen LogP) is 4.13. The highest BCUT2D eigenvalue weighted by Crippen LogP contribution is 2.08. The zero-order chi connectivity index (χ0) is 9.94. The number of unbranched alkanes of at least 4 members (excludes halogenated alkanes) is 6. The molecule has 0 aliphatic heterocycles. The van der Waals surface area contributed by atoms with Gasteiger partial charge in [0, 0.05) is 6.42 Å². The van der Waals surface area contributed by atoms with Crippen LogP contribution in [0.25, 0.3) is 0 Å². The summed E-state index contributed by atoms with van der Waals surface area (Å²) in [6.45, 7) is 2.24. The van der Waals surface area contributed by atoms with Crippen molar-refractivity contribution in [1.82, 2.24) is 0 Å². The molecule has 0 fully saturated rings. The molecule has 78 valence electrons. The molecule has 0 aromatic rings. The first kappa shape index (κ1) is 13.4. The Morgan fingerprint density at radius 2 is 1.54 bits per heavy atom. The third-order valence-corrected chi connectivity index (χ3v) is 3.06. The van der Waals surface area contributed by atoms with Crippen molar-refractivity contribution >= 4 is 28.4 Å². The normalized spacial score (nSPS) is 10.3. The van der Waals surface area contributed by atoms with Gasteiger partial charge in [0.25, 0.3) is 0 Å². The van der Waals surface area contributed by atoms with Crippen LogP contribution in [0.1, 0.15) is 58.3 Å². The highest BCUT2D eigenvalue weighted by Gasteiger charge is 1.97. The summed E-state index contributed by atoms with van der Waals surface area (Å²) in [5.41, 5.74) is 0. The molecule has 1 nitrogen and oxygen atoms in total. The fourth-order valence-corrected chi connectivity index (χ4v) is 1.73. The van der Waals surface area contributed by atoms with E-state index in [1.165, 1.54) is 38.5 Å². The topological polar surface area (TPSA) is 17.1 Å². The molecule has 0 aliphatic rings. The molecule has 0 aliphatic carbocycles. The Balaban J connectivity index is 2.95. The Labute approximate surface area is 95.8 Å². The van der Waals surface area contributed by atoms with Crippen LogP contribution >= 0.6 is 22.6 Å². The fourth-order valence-electron chi connectivity index (χ4n) is 1.35. The fraction of sp³-hybridized carbons (Fsp3) is 0.909. The summed E-state index contributed by atoms with van der Waals surface area (Å²) in [5.74, 6) is 0.411. The minimum absolute atomic E-state index is 0.411. The van der Waals surface area contributed by atoms with Crippen LogP contribution in [0.2, 0.25) is 0 Å². The number of Topliss-reactive ketones (excluding diaryl/α,β-unsaturated/α-hetero) is 1. The highest BCUT2D eigenvalue weighted by molar-refractivity contribution is 14.1. The highest BCUT2D eigenvalue weighted by atomic mass is 127. The second-order valence-electron chi connectivity index (χ2n) is 3.54. The molecule has 0 amide bonds. The van der Waals surface area contributed by atoms with Gasteiger partial charge in [-0.1, -0.05) is 68.0 Å². The van der Waals surface area contributed by atoms with Gasteiger partial charge in [-0.25, -0.2) is 0 Å². The van der Waals surface area contributed by atoms with E-state index in [0.717, 1.165) is 12.8 Å². The van der Waals surface area contributed by atoms with Gasteiger partial charge in [-0.2, -0.15) is 0 Å². The molecule has 0 aromatic carbocycles. The lowest BCUT2D eigenvalue weighted by atomic mass is 10.1. The minimum atomic E-state index is 0.411. The second kappa shape index (κ2) is 10.5. The summed E-state index contributed by atoms with van der Waals surface area (Å²) in [6, 6.07) is 0. The van der Waals surface area contributed by atoms with Crippen molar-refractivity contribution in [3.63, 3.8) is 0 Å². The molecule has 0 N–H and O–H groups in total. The maximum absolute atomic E-state index is 10.9. The van der Waals surface area contributed by atoms with Gasteiger partial charge in [0.1, 0.15) is 5.78 Å². The molecule has 0 saturated heterocycles. The molecule has 0 aromatic heterocycles. The van der Waals surface area contributed by atoms with Crippen molar-refractivity contribution in [1.29, 1.82) is 0 Å². The van der Waals surface area contributed by atoms with Gasteiger partial charge < -0.3 is 0 Å². The Bertz CT molecular complexity index is 123. The molecule has 2 heteroatoms. The summed E-state index contributed by atoms with van der Waals surface area (Å²) in [6.07, 6.45) is 9.87. The van der Waals surface area contributed by atoms with E-state index in [1.54, 1.807) is 0 Å². The van der Waals surface area contributed by atoms with Crippen LogP contribution in [0.5, 0.6) is 0 Å². The largest absolute Gasteiger partial charge is 0.299 e. The van der Waals surface area contributed by atoms with Crippen molar-refractivity contribution in [3.8, 4) is 0 Å². The van der Waals surface area contributed by atoms with Gasteiger partial charge in [0.2, 0.25) is 0 Å². The van der Waals surface area contributed by atoms with Crippen LogP contribution in [-0.4, -0.2) is 10.2 Å². The van der Waals surface area contributed by atoms with Crippen molar-refractivity contribution in [3.05, 3.63) is 0 Å². The minimum Gasteiger partial charge on any atom is -0.299 e. The van der Waals surface area contributed by atoms with Gasteiger partial charge in [0.05, 0.1) is 4.43 Å². The van der Waals surface area contributed by atoms with Crippen LogP contribution in [0, 0.1) is 0 Å². The number of rotatable bonds is 9.